The third kappa shape index (κ3) is 3.69. The van der Waals surface area contributed by atoms with Gasteiger partial charge < -0.3 is 14.4 Å². The van der Waals surface area contributed by atoms with Gasteiger partial charge in [0.2, 0.25) is 0 Å². The highest BCUT2D eigenvalue weighted by atomic mass is 19.1. The molecule has 2 aromatic heterocycles. The summed E-state index contributed by atoms with van der Waals surface area (Å²) in [7, 11) is 1.53. The minimum absolute atomic E-state index is 0.0160. The number of hydrogen-bond acceptors (Lipinski definition) is 5. The Morgan fingerprint density at radius 1 is 1.12 bits per heavy atom. The molecule has 1 amide bonds. The molecule has 8 heteroatoms. The van der Waals surface area contributed by atoms with Gasteiger partial charge in [-0.25, -0.2) is 9.37 Å². The van der Waals surface area contributed by atoms with Gasteiger partial charge in [0, 0.05) is 41.4 Å². The molecule has 1 aliphatic heterocycles. The average molecular weight is 432 g/mol. The lowest BCUT2D eigenvalue weighted by molar-refractivity contribution is 0.0303. The van der Waals surface area contributed by atoms with Crippen LogP contribution in [-0.4, -0.2) is 59.4 Å². The molecule has 0 atom stereocenters. The first kappa shape index (κ1) is 20.1. The number of morpholine rings is 1. The fourth-order valence-corrected chi connectivity index (χ4v) is 3.91. The lowest BCUT2D eigenvalue weighted by Crippen LogP contribution is -2.40. The summed E-state index contributed by atoms with van der Waals surface area (Å²) in [6.45, 7) is 2.28. The first-order valence-electron chi connectivity index (χ1n) is 10.3. The van der Waals surface area contributed by atoms with E-state index in [0.717, 1.165) is 16.5 Å². The van der Waals surface area contributed by atoms with E-state index in [9.17, 15) is 9.18 Å². The van der Waals surface area contributed by atoms with Crippen molar-refractivity contribution in [3.63, 3.8) is 0 Å². The van der Waals surface area contributed by atoms with Crippen molar-refractivity contribution in [2.75, 3.05) is 33.4 Å². The van der Waals surface area contributed by atoms with Crippen molar-refractivity contribution in [1.82, 2.24) is 20.1 Å². The third-order valence-electron chi connectivity index (χ3n) is 5.57. The second-order valence-electron chi connectivity index (χ2n) is 7.52. The molecule has 3 heterocycles. The Labute approximate surface area is 183 Å². The van der Waals surface area contributed by atoms with Crippen LogP contribution in [0.2, 0.25) is 0 Å². The number of carbonyl (C=O) groups is 1. The number of halogens is 1. The Hall–Kier alpha value is -3.78. The number of nitrogens with zero attached hydrogens (tertiary/aromatic N) is 3. The number of pyridine rings is 1. The molecule has 2 aromatic carbocycles. The molecule has 0 radical (unpaired) electrons. The summed E-state index contributed by atoms with van der Waals surface area (Å²) in [5.41, 5.74) is 3.96. The number of hydrogen-bond donors (Lipinski definition) is 1. The summed E-state index contributed by atoms with van der Waals surface area (Å²) in [4.78, 5) is 19.2. The van der Waals surface area contributed by atoms with Gasteiger partial charge >= 0.3 is 0 Å². The van der Waals surface area contributed by atoms with Crippen LogP contribution in [0.25, 0.3) is 33.4 Å². The predicted molar refractivity (Wildman–Crippen MR) is 118 cm³/mol. The fraction of sp³-hybridized carbons (Fsp3) is 0.208. The van der Waals surface area contributed by atoms with E-state index < -0.39 is 0 Å². The summed E-state index contributed by atoms with van der Waals surface area (Å²) in [5.74, 6) is 0.122. The van der Waals surface area contributed by atoms with Gasteiger partial charge in [-0.15, -0.1) is 0 Å². The van der Waals surface area contributed by atoms with E-state index in [1.807, 2.05) is 30.3 Å². The van der Waals surface area contributed by atoms with Crippen molar-refractivity contribution in [2.45, 2.75) is 0 Å². The van der Waals surface area contributed by atoms with Gasteiger partial charge in [-0.2, -0.15) is 5.10 Å². The van der Waals surface area contributed by atoms with Crippen molar-refractivity contribution in [1.29, 1.82) is 0 Å². The average Bonchev–Trinajstić information content (AvgIpc) is 3.27. The summed E-state index contributed by atoms with van der Waals surface area (Å²) in [6.07, 6.45) is 1.73. The van der Waals surface area contributed by atoms with Crippen LogP contribution in [0.1, 0.15) is 10.4 Å². The SMILES string of the molecule is COc1ccc(F)cc1-c1n[nH]c2ncc(-c3cccc(C(=O)N4CCOCC4)c3)cc12. The minimum Gasteiger partial charge on any atom is -0.496 e. The number of aromatic nitrogens is 3. The predicted octanol–water partition coefficient (Wildman–Crippen LogP) is 3.91. The van der Waals surface area contributed by atoms with Gasteiger partial charge in [-0.1, -0.05) is 12.1 Å². The topological polar surface area (TPSA) is 80.3 Å². The number of amides is 1. The Morgan fingerprint density at radius 2 is 1.97 bits per heavy atom. The molecule has 1 N–H and O–H groups in total. The lowest BCUT2D eigenvalue weighted by Gasteiger charge is -2.27. The highest BCUT2D eigenvalue weighted by Gasteiger charge is 2.19. The van der Waals surface area contributed by atoms with Crippen LogP contribution >= 0.6 is 0 Å². The summed E-state index contributed by atoms with van der Waals surface area (Å²) >= 11 is 0. The third-order valence-corrected chi connectivity index (χ3v) is 5.57. The van der Waals surface area contributed by atoms with Gasteiger partial charge in [-0.05, 0) is 42.0 Å². The van der Waals surface area contributed by atoms with E-state index in [2.05, 4.69) is 15.2 Å². The van der Waals surface area contributed by atoms with Crippen LogP contribution in [0, 0.1) is 5.82 Å². The van der Waals surface area contributed by atoms with E-state index >= 15 is 0 Å². The molecule has 5 rings (SSSR count). The van der Waals surface area contributed by atoms with E-state index in [0.29, 0.717) is 54.5 Å². The van der Waals surface area contributed by atoms with Crippen molar-refractivity contribution in [2.24, 2.45) is 0 Å². The lowest BCUT2D eigenvalue weighted by atomic mass is 10.0. The molecule has 0 bridgehead atoms. The number of aromatic amines is 1. The maximum atomic E-state index is 13.9. The molecule has 1 saturated heterocycles. The van der Waals surface area contributed by atoms with Crippen LogP contribution in [-0.2, 0) is 4.74 Å². The summed E-state index contributed by atoms with van der Waals surface area (Å²) in [6, 6.07) is 13.7. The maximum Gasteiger partial charge on any atom is 0.254 e. The largest absolute Gasteiger partial charge is 0.496 e. The number of carbonyl (C=O) groups excluding carboxylic acids is 1. The number of methoxy groups -OCH3 is 1. The van der Waals surface area contributed by atoms with Gasteiger partial charge in [0.25, 0.3) is 5.91 Å². The van der Waals surface area contributed by atoms with Gasteiger partial charge in [0.1, 0.15) is 17.3 Å². The van der Waals surface area contributed by atoms with E-state index in [-0.39, 0.29) is 11.7 Å². The minimum atomic E-state index is -0.379. The second kappa shape index (κ2) is 8.39. The standard InChI is InChI=1S/C24H21FN4O3/c1-31-21-6-5-18(25)13-19(21)22-20-12-17(14-26-23(20)28-27-22)15-3-2-4-16(11-15)24(30)29-7-9-32-10-8-29/h2-6,11-14H,7-10H2,1H3,(H,26,27,28). The van der Waals surface area contributed by atoms with Crippen LogP contribution in [0.3, 0.4) is 0 Å². The molecule has 32 heavy (non-hydrogen) atoms. The number of rotatable bonds is 4. The van der Waals surface area contributed by atoms with Crippen molar-refractivity contribution < 1.29 is 18.7 Å². The van der Waals surface area contributed by atoms with Crippen LogP contribution < -0.4 is 4.74 Å². The van der Waals surface area contributed by atoms with Crippen LogP contribution in [0.5, 0.6) is 5.75 Å². The van der Waals surface area contributed by atoms with E-state index in [4.69, 9.17) is 9.47 Å². The van der Waals surface area contributed by atoms with Gasteiger partial charge in [-0.3, -0.25) is 9.89 Å². The fourth-order valence-electron chi connectivity index (χ4n) is 3.91. The molecule has 0 unspecified atom stereocenters. The Morgan fingerprint density at radius 3 is 2.78 bits per heavy atom. The number of benzene rings is 2. The maximum absolute atomic E-state index is 13.9. The number of H-pyrrole nitrogens is 1. The molecule has 162 valence electrons. The monoisotopic (exact) mass is 432 g/mol. The van der Waals surface area contributed by atoms with Crippen molar-refractivity contribution in [3.05, 3.63) is 66.1 Å². The number of ether oxygens (including phenoxy) is 2. The highest BCUT2D eigenvalue weighted by molar-refractivity contribution is 5.97. The van der Waals surface area contributed by atoms with Gasteiger partial charge in [0.05, 0.1) is 20.3 Å². The second-order valence-corrected chi connectivity index (χ2v) is 7.52. The first-order valence-corrected chi connectivity index (χ1v) is 10.3. The number of nitrogens with one attached hydrogen (secondary N) is 1. The summed E-state index contributed by atoms with van der Waals surface area (Å²) in [5, 5.41) is 7.98. The molecular formula is C24H21FN4O3. The quantitative estimate of drug-likeness (QED) is 0.529. The highest BCUT2D eigenvalue weighted by Crippen LogP contribution is 2.35. The zero-order chi connectivity index (χ0) is 22.1. The zero-order valence-electron chi connectivity index (χ0n) is 17.5. The Bertz CT molecular complexity index is 1300. The molecule has 1 fully saturated rings. The summed E-state index contributed by atoms with van der Waals surface area (Å²) < 4.78 is 24.7. The molecule has 7 nitrogen and oxygen atoms in total. The normalized spacial score (nSPS) is 14.0. The Balaban J connectivity index is 1.54. The molecule has 0 aliphatic carbocycles. The van der Waals surface area contributed by atoms with Gasteiger partial charge in [0.15, 0.2) is 5.65 Å². The van der Waals surface area contributed by atoms with E-state index in [1.165, 1.54) is 19.2 Å². The van der Waals surface area contributed by atoms with Crippen molar-refractivity contribution >= 4 is 16.9 Å². The molecular weight excluding hydrogens is 411 g/mol. The van der Waals surface area contributed by atoms with Crippen LogP contribution in [0.15, 0.2) is 54.7 Å². The van der Waals surface area contributed by atoms with Crippen molar-refractivity contribution in [3.8, 4) is 28.1 Å². The molecule has 0 spiro atoms. The molecule has 4 aromatic rings. The Kier molecular flexibility index (Phi) is 5.28. The first-order chi connectivity index (χ1) is 15.6. The zero-order valence-corrected chi connectivity index (χ0v) is 17.5. The van der Waals surface area contributed by atoms with E-state index in [1.54, 1.807) is 17.2 Å². The smallest absolute Gasteiger partial charge is 0.254 e. The van der Waals surface area contributed by atoms with Crippen LogP contribution in [0.4, 0.5) is 4.39 Å². The molecule has 0 saturated carbocycles. The molecule has 1 aliphatic rings. The number of fused-ring (bicyclic) bond motifs is 1.